The van der Waals surface area contributed by atoms with Crippen LogP contribution in [0.2, 0.25) is 0 Å². The van der Waals surface area contributed by atoms with E-state index < -0.39 is 12.1 Å². The fourth-order valence-electron chi connectivity index (χ4n) is 2.91. The van der Waals surface area contributed by atoms with Crippen molar-refractivity contribution in [2.24, 2.45) is 5.92 Å². The van der Waals surface area contributed by atoms with E-state index in [9.17, 15) is 18.0 Å². The van der Waals surface area contributed by atoms with Crippen molar-refractivity contribution in [1.29, 1.82) is 0 Å². The van der Waals surface area contributed by atoms with Crippen LogP contribution in [0.5, 0.6) is 0 Å². The number of hydrogen-bond donors (Lipinski definition) is 1. The van der Waals surface area contributed by atoms with Crippen molar-refractivity contribution in [3.8, 4) is 0 Å². The molecular weight excluding hydrogens is 321 g/mol. The number of benzene rings is 1. The van der Waals surface area contributed by atoms with Gasteiger partial charge < -0.3 is 10.2 Å². The lowest BCUT2D eigenvalue weighted by Gasteiger charge is -2.32. The number of para-hydroxylation sites is 1. The number of nitrogens with one attached hydrogen (secondary N) is 1. The van der Waals surface area contributed by atoms with Crippen LogP contribution >= 0.6 is 0 Å². The normalized spacial score (nSPS) is 16.4. The molecular formula is C16H17F3N4O. The highest BCUT2D eigenvalue weighted by molar-refractivity contribution is 5.88. The summed E-state index contributed by atoms with van der Waals surface area (Å²) in [4.78, 5) is 20.5. The SMILES string of the molecule is O=C(N1CCC(CNc2ncnc3ccccc23)CC1)C(F)(F)F. The van der Waals surface area contributed by atoms with Crippen molar-refractivity contribution in [3.63, 3.8) is 0 Å². The molecule has 1 aliphatic rings. The summed E-state index contributed by atoms with van der Waals surface area (Å²) in [6, 6.07) is 7.61. The number of alkyl halides is 3. The van der Waals surface area contributed by atoms with Gasteiger partial charge in [0.1, 0.15) is 12.1 Å². The molecule has 1 aromatic carbocycles. The third-order valence-electron chi connectivity index (χ3n) is 4.25. The van der Waals surface area contributed by atoms with Crippen molar-refractivity contribution in [1.82, 2.24) is 14.9 Å². The first-order chi connectivity index (χ1) is 11.4. The summed E-state index contributed by atoms with van der Waals surface area (Å²) in [6.07, 6.45) is -2.23. The second-order valence-corrected chi connectivity index (χ2v) is 5.85. The fourth-order valence-corrected chi connectivity index (χ4v) is 2.91. The van der Waals surface area contributed by atoms with Gasteiger partial charge in [0.2, 0.25) is 0 Å². The van der Waals surface area contributed by atoms with E-state index in [4.69, 9.17) is 0 Å². The van der Waals surface area contributed by atoms with Gasteiger partial charge in [0.25, 0.3) is 0 Å². The van der Waals surface area contributed by atoms with Crippen LogP contribution in [0.1, 0.15) is 12.8 Å². The number of anilines is 1. The molecule has 24 heavy (non-hydrogen) atoms. The first kappa shape index (κ1) is 16.5. The lowest BCUT2D eigenvalue weighted by atomic mass is 9.96. The average Bonchev–Trinajstić information content (AvgIpc) is 2.59. The largest absolute Gasteiger partial charge is 0.471 e. The second-order valence-electron chi connectivity index (χ2n) is 5.85. The minimum Gasteiger partial charge on any atom is -0.369 e. The van der Waals surface area contributed by atoms with Gasteiger partial charge in [0, 0.05) is 25.0 Å². The van der Waals surface area contributed by atoms with E-state index >= 15 is 0 Å². The zero-order chi connectivity index (χ0) is 17.2. The molecule has 0 bridgehead atoms. The van der Waals surface area contributed by atoms with E-state index in [2.05, 4.69) is 15.3 Å². The number of fused-ring (bicyclic) bond motifs is 1. The van der Waals surface area contributed by atoms with Crippen molar-refractivity contribution in [2.45, 2.75) is 19.0 Å². The topological polar surface area (TPSA) is 58.1 Å². The Morgan fingerprint density at radius 3 is 2.62 bits per heavy atom. The predicted molar refractivity (Wildman–Crippen MR) is 83.4 cm³/mol. The van der Waals surface area contributed by atoms with Gasteiger partial charge in [-0.3, -0.25) is 4.79 Å². The lowest BCUT2D eigenvalue weighted by molar-refractivity contribution is -0.186. The summed E-state index contributed by atoms with van der Waals surface area (Å²) in [7, 11) is 0. The molecule has 3 rings (SSSR count). The molecule has 0 unspecified atom stereocenters. The molecule has 8 heteroatoms. The number of carbonyl (C=O) groups excluding carboxylic acids is 1. The lowest BCUT2D eigenvalue weighted by Crippen LogP contribution is -2.46. The molecule has 0 atom stereocenters. The molecule has 1 aromatic heterocycles. The fraction of sp³-hybridized carbons (Fsp3) is 0.438. The number of carbonyl (C=O) groups is 1. The summed E-state index contributed by atoms with van der Waals surface area (Å²) < 4.78 is 37.3. The Hall–Kier alpha value is -2.38. The molecule has 1 aliphatic heterocycles. The third-order valence-corrected chi connectivity index (χ3v) is 4.25. The maximum absolute atomic E-state index is 12.4. The van der Waals surface area contributed by atoms with E-state index in [-0.39, 0.29) is 19.0 Å². The number of amides is 1. The van der Waals surface area contributed by atoms with Crippen LogP contribution in [-0.2, 0) is 4.79 Å². The van der Waals surface area contributed by atoms with Crippen molar-refractivity contribution in [2.75, 3.05) is 25.0 Å². The molecule has 2 heterocycles. The predicted octanol–water partition coefficient (Wildman–Crippen LogP) is 2.84. The highest BCUT2D eigenvalue weighted by Gasteiger charge is 2.43. The van der Waals surface area contributed by atoms with Crippen molar-refractivity contribution >= 4 is 22.6 Å². The Labute approximate surface area is 136 Å². The van der Waals surface area contributed by atoms with Crippen LogP contribution in [0.15, 0.2) is 30.6 Å². The molecule has 5 nitrogen and oxygen atoms in total. The maximum atomic E-state index is 12.4. The molecule has 0 spiro atoms. The molecule has 128 valence electrons. The zero-order valence-corrected chi connectivity index (χ0v) is 12.9. The number of nitrogens with zero attached hydrogens (tertiary/aromatic N) is 3. The Balaban J connectivity index is 1.56. The molecule has 1 fully saturated rings. The number of aromatic nitrogens is 2. The number of halogens is 3. The van der Waals surface area contributed by atoms with Gasteiger partial charge in [0.05, 0.1) is 5.52 Å². The quantitative estimate of drug-likeness (QED) is 0.935. The molecule has 0 radical (unpaired) electrons. The molecule has 1 amide bonds. The van der Waals surface area contributed by atoms with Crippen LogP contribution in [-0.4, -0.2) is 46.6 Å². The number of piperidine rings is 1. The summed E-state index contributed by atoms with van der Waals surface area (Å²) in [6.45, 7) is 0.874. The van der Waals surface area contributed by atoms with E-state index in [1.54, 1.807) is 0 Å². The molecule has 1 N–H and O–H groups in total. The van der Waals surface area contributed by atoms with Crippen LogP contribution in [0.3, 0.4) is 0 Å². The van der Waals surface area contributed by atoms with E-state index in [1.807, 2.05) is 24.3 Å². The molecule has 2 aromatic rings. The minimum absolute atomic E-state index is 0.134. The monoisotopic (exact) mass is 338 g/mol. The summed E-state index contributed by atoms with van der Waals surface area (Å²) >= 11 is 0. The number of rotatable bonds is 3. The standard InChI is InChI=1S/C16H17F3N4O/c17-16(18,19)15(24)23-7-5-11(6-8-23)9-20-14-12-3-1-2-4-13(12)21-10-22-14/h1-4,10-11H,5-9H2,(H,20,21,22). The minimum atomic E-state index is -4.79. The first-order valence-corrected chi connectivity index (χ1v) is 7.75. The maximum Gasteiger partial charge on any atom is 0.471 e. The van der Waals surface area contributed by atoms with Gasteiger partial charge >= 0.3 is 12.1 Å². The van der Waals surface area contributed by atoms with Gasteiger partial charge in [-0.05, 0) is 30.9 Å². The van der Waals surface area contributed by atoms with Gasteiger partial charge in [-0.1, -0.05) is 12.1 Å². The number of likely N-dealkylation sites (tertiary alicyclic amines) is 1. The average molecular weight is 338 g/mol. The summed E-state index contributed by atoms with van der Waals surface area (Å²) in [5.41, 5.74) is 0.834. The van der Waals surface area contributed by atoms with E-state index in [0.29, 0.717) is 19.4 Å². The first-order valence-electron chi connectivity index (χ1n) is 7.75. The molecule has 0 saturated carbocycles. The Kier molecular flexibility index (Phi) is 4.55. The van der Waals surface area contributed by atoms with E-state index in [1.165, 1.54) is 6.33 Å². The number of hydrogen-bond acceptors (Lipinski definition) is 4. The summed E-state index contributed by atoms with van der Waals surface area (Å²) in [5.74, 6) is -0.818. The Morgan fingerprint density at radius 2 is 1.92 bits per heavy atom. The van der Waals surface area contributed by atoms with E-state index in [0.717, 1.165) is 21.6 Å². The van der Waals surface area contributed by atoms with Crippen molar-refractivity contribution in [3.05, 3.63) is 30.6 Å². The Morgan fingerprint density at radius 1 is 1.21 bits per heavy atom. The summed E-state index contributed by atoms with van der Waals surface area (Å²) in [5, 5.41) is 4.16. The smallest absolute Gasteiger partial charge is 0.369 e. The Bertz CT molecular complexity index is 721. The highest BCUT2D eigenvalue weighted by Crippen LogP contribution is 2.25. The van der Waals surface area contributed by atoms with Gasteiger partial charge in [-0.25, -0.2) is 9.97 Å². The van der Waals surface area contributed by atoms with Crippen LogP contribution < -0.4 is 5.32 Å². The third kappa shape index (κ3) is 3.58. The van der Waals surface area contributed by atoms with Crippen LogP contribution in [0.4, 0.5) is 19.0 Å². The highest BCUT2D eigenvalue weighted by atomic mass is 19.4. The zero-order valence-electron chi connectivity index (χ0n) is 12.9. The van der Waals surface area contributed by atoms with Crippen LogP contribution in [0.25, 0.3) is 10.9 Å². The van der Waals surface area contributed by atoms with Crippen molar-refractivity contribution < 1.29 is 18.0 Å². The second kappa shape index (κ2) is 6.62. The van der Waals surface area contributed by atoms with Gasteiger partial charge in [-0.2, -0.15) is 13.2 Å². The van der Waals surface area contributed by atoms with Crippen LogP contribution in [0, 0.1) is 5.92 Å². The van der Waals surface area contributed by atoms with Gasteiger partial charge in [-0.15, -0.1) is 0 Å². The van der Waals surface area contributed by atoms with Gasteiger partial charge in [0.15, 0.2) is 0 Å². The molecule has 0 aliphatic carbocycles. The molecule has 1 saturated heterocycles.